The summed E-state index contributed by atoms with van der Waals surface area (Å²) < 4.78 is 2.15. The summed E-state index contributed by atoms with van der Waals surface area (Å²) in [6.45, 7) is 7.21. The third-order valence-electron chi connectivity index (χ3n) is 6.06. The molecule has 1 aliphatic rings. The van der Waals surface area contributed by atoms with Crippen molar-refractivity contribution in [3.8, 4) is 6.07 Å². The Morgan fingerprint density at radius 2 is 1.97 bits per heavy atom. The maximum absolute atomic E-state index is 12.9. The second kappa shape index (κ2) is 12.5. The molecule has 3 N–H and O–H groups in total. The van der Waals surface area contributed by atoms with Crippen LogP contribution in [0.5, 0.6) is 0 Å². The van der Waals surface area contributed by atoms with E-state index in [1.807, 2.05) is 25.1 Å². The van der Waals surface area contributed by atoms with E-state index in [2.05, 4.69) is 27.7 Å². The van der Waals surface area contributed by atoms with Gasteiger partial charge in [-0.3, -0.25) is 14.2 Å². The van der Waals surface area contributed by atoms with Gasteiger partial charge in [0, 0.05) is 25.0 Å². The van der Waals surface area contributed by atoms with Gasteiger partial charge in [0.2, 0.25) is 0 Å². The number of carbonyl (C=O) groups excluding carboxylic acids is 1. The maximum atomic E-state index is 12.9. The van der Waals surface area contributed by atoms with Crippen molar-refractivity contribution in [3.05, 3.63) is 49.4 Å². The van der Waals surface area contributed by atoms with Gasteiger partial charge in [0.15, 0.2) is 5.57 Å². The number of anilines is 1. The minimum Gasteiger partial charge on any atom is -0.394 e. The van der Waals surface area contributed by atoms with E-state index in [-0.39, 0.29) is 17.7 Å². The first kappa shape index (κ1) is 25.7. The summed E-state index contributed by atoms with van der Waals surface area (Å²) in [5, 5.41) is 24.8. The summed E-state index contributed by atoms with van der Waals surface area (Å²) in [6, 6.07) is 9.65. The number of thiazole rings is 1. The summed E-state index contributed by atoms with van der Waals surface area (Å²) in [4.78, 5) is 28.0. The Morgan fingerprint density at radius 1 is 1.26 bits per heavy atom. The summed E-state index contributed by atoms with van der Waals surface area (Å²) in [5.41, 5.74) is 1.75. The monoisotopic (exact) mass is 483 g/mol. The van der Waals surface area contributed by atoms with E-state index < -0.39 is 11.9 Å². The van der Waals surface area contributed by atoms with Crippen LogP contribution in [0.3, 0.4) is 0 Å². The molecular weight excluding hydrogens is 450 g/mol. The molecule has 1 saturated heterocycles. The highest BCUT2D eigenvalue weighted by atomic mass is 32.1. The standard InChI is InChI=1S/C25H33N5O3S/c1-3-19(17-31)28-23(32)21(15-26)25-30(4-2)24(33)22(34-25)16-27-20-9-7-18(8-10-20)11-14-29-12-5-6-13-29/h7-10,16,19,27,31H,3-6,11-14,17H2,1-2H3,(H,28,32)/t19-/m0/s1. The summed E-state index contributed by atoms with van der Waals surface area (Å²) in [7, 11) is 0. The van der Waals surface area contributed by atoms with Gasteiger partial charge >= 0.3 is 0 Å². The molecule has 3 rings (SSSR count). The van der Waals surface area contributed by atoms with Crippen molar-refractivity contribution in [1.29, 1.82) is 5.26 Å². The zero-order valence-corrected chi connectivity index (χ0v) is 20.7. The predicted molar refractivity (Wildman–Crippen MR) is 136 cm³/mol. The highest BCUT2D eigenvalue weighted by molar-refractivity contribution is 7.07. The van der Waals surface area contributed by atoms with Crippen LogP contribution in [-0.4, -0.2) is 52.8 Å². The molecule has 2 aromatic rings. The topological polar surface area (TPSA) is 110 Å². The second-order valence-corrected chi connectivity index (χ2v) is 9.38. The molecule has 1 aliphatic heterocycles. The van der Waals surface area contributed by atoms with Crippen molar-refractivity contribution < 1.29 is 9.90 Å². The molecule has 34 heavy (non-hydrogen) atoms. The lowest BCUT2D eigenvalue weighted by molar-refractivity contribution is -0.116. The quantitative estimate of drug-likeness (QED) is 0.465. The summed E-state index contributed by atoms with van der Waals surface area (Å²) >= 11 is 1.10. The number of aliphatic hydroxyl groups is 1. The van der Waals surface area contributed by atoms with Gasteiger partial charge in [-0.05, 0) is 63.4 Å². The number of aliphatic hydroxyl groups excluding tert-OH is 1. The van der Waals surface area contributed by atoms with Crippen molar-refractivity contribution in [2.24, 2.45) is 0 Å². The van der Waals surface area contributed by atoms with Crippen molar-refractivity contribution in [3.63, 3.8) is 0 Å². The largest absolute Gasteiger partial charge is 0.394 e. The molecule has 2 heterocycles. The average Bonchev–Trinajstić information content (AvgIpc) is 3.48. The van der Waals surface area contributed by atoms with E-state index in [0.29, 0.717) is 22.2 Å². The number of nitriles is 1. The minimum atomic E-state index is -0.587. The fourth-order valence-corrected chi connectivity index (χ4v) is 5.02. The highest BCUT2D eigenvalue weighted by Crippen LogP contribution is 2.12. The predicted octanol–water partition coefficient (Wildman–Crippen LogP) is 0.979. The number of nitrogens with zero attached hydrogens (tertiary/aromatic N) is 3. The van der Waals surface area contributed by atoms with Crippen LogP contribution in [0.1, 0.15) is 38.7 Å². The molecular formula is C25H33N5O3S. The molecule has 9 heteroatoms. The van der Waals surface area contributed by atoms with Gasteiger partial charge in [-0.15, -0.1) is 11.3 Å². The molecule has 0 radical (unpaired) electrons. The number of aromatic nitrogens is 1. The Bertz CT molecular complexity index is 1180. The fourth-order valence-electron chi connectivity index (χ4n) is 3.93. The first-order valence-electron chi connectivity index (χ1n) is 11.8. The third-order valence-corrected chi connectivity index (χ3v) is 7.19. The number of likely N-dealkylation sites (tertiary alicyclic amines) is 1. The molecule has 0 bridgehead atoms. The van der Waals surface area contributed by atoms with Crippen LogP contribution in [0.4, 0.5) is 5.69 Å². The normalized spacial score (nSPS) is 16.2. The van der Waals surface area contributed by atoms with Crippen LogP contribution in [0.25, 0.3) is 11.8 Å². The number of carbonyl (C=O) groups is 1. The molecule has 182 valence electrons. The van der Waals surface area contributed by atoms with Gasteiger partial charge < -0.3 is 20.6 Å². The summed E-state index contributed by atoms with van der Waals surface area (Å²) in [5.74, 6) is -0.587. The van der Waals surface area contributed by atoms with E-state index in [4.69, 9.17) is 0 Å². The second-order valence-electron chi connectivity index (χ2n) is 8.35. The number of nitrogens with one attached hydrogen (secondary N) is 2. The maximum Gasteiger partial charge on any atom is 0.270 e. The van der Waals surface area contributed by atoms with Crippen molar-refractivity contribution in [1.82, 2.24) is 14.8 Å². The van der Waals surface area contributed by atoms with Gasteiger partial charge in [0.25, 0.3) is 11.5 Å². The van der Waals surface area contributed by atoms with E-state index in [9.17, 15) is 20.0 Å². The highest BCUT2D eigenvalue weighted by Gasteiger charge is 2.18. The van der Waals surface area contributed by atoms with E-state index in [1.54, 1.807) is 13.1 Å². The SMILES string of the molecule is CC[C@@H](CO)NC(=O)C(C#N)=c1sc(=CNc2ccc(CCN3CCCC3)cc2)c(=O)n1CC. The van der Waals surface area contributed by atoms with Gasteiger partial charge in [-0.2, -0.15) is 5.26 Å². The van der Waals surface area contributed by atoms with Crippen LogP contribution in [-0.2, 0) is 17.8 Å². The number of hydrogen-bond acceptors (Lipinski definition) is 7. The molecule has 0 saturated carbocycles. The first-order valence-corrected chi connectivity index (χ1v) is 12.7. The molecule has 1 amide bonds. The van der Waals surface area contributed by atoms with Gasteiger partial charge in [-0.25, -0.2) is 0 Å². The van der Waals surface area contributed by atoms with Crippen LogP contribution in [0.2, 0.25) is 0 Å². The zero-order valence-electron chi connectivity index (χ0n) is 19.8. The van der Waals surface area contributed by atoms with E-state index in [0.717, 1.165) is 30.0 Å². The Kier molecular flexibility index (Phi) is 9.45. The van der Waals surface area contributed by atoms with Gasteiger partial charge in [-0.1, -0.05) is 19.1 Å². The minimum absolute atomic E-state index is 0.127. The molecule has 8 nitrogen and oxygen atoms in total. The van der Waals surface area contributed by atoms with Crippen LogP contribution in [0.15, 0.2) is 29.1 Å². The fraction of sp³-hybridized carbons (Fsp3) is 0.480. The number of benzene rings is 1. The first-order chi connectivity index (χ1) is 16.5. The summed E-state index contributed by atoms with van der Waals surface area (Å²) in [6.07, 6.45) is 5.76. The zero-order chi connectivity index (χ0) is 24.5. The lowest BCUT2D eigenvalue weighted by atomic mass is 10.1. The lowest BCUT2D eigenvalue weighted by Crippen LogP contribution is -2.40. The number of amides is 1. The third kappa shape index (κ3) is 6.35. The van der Waals surface area contributed by atoms with Gasteiger partial charge in [0.05, 0.1) is 12.6 Å². The smallest absolute Gasteiger partial charge is 0.270 e. The van der Waals surface area contributed by atoms with Crippen LogP contribution < -0.4 is 25.4 Å². The van der Waals surface area contributed by atoms with Crippen molar-refractivity contribution in [2.45, 2.75) is 52.1 Å². The molecule has 1 aromatic carbocycles. The molecule has 1 atom stereocenters. The molecule has 0 unspecified atom stereocenters. The van der Waals surface area contributed by atoms with Crippen molar-refractivity contribution in [2.75, 3.05) is 31.6 Å². The van der Waals surface area contributed by atoms with Gasteiger partial charge in [0.1, 0.15) is 15.3 Å². The van der Waals surface area contributed by atoms with E-state index in [1.165, 1.54) is 36.1 Å². The Hall–Kier alpha value is -2.93. The molecule has 1 aromatic heterocycles. The molecule has 0 aliphatic carbocycles. The Morgan fingerprint density at radius 3 is 2.56 bits per heavy atom. The van der Waals surface area contributed by atoms with Crippen LogP contribution >= 0.6 is 11.3 Å². The number of hydrogen-bond donors (Lipinski definition) is 3. The average molecular weight is 484 g/mol. The molecule has 1 fully saturated rings. The van der Waals surface area contributed by atoms with Crippen LogP contribution in [0, 0.1) is 11.3 Å². The Balaban J connectivity index is 1.80. The Labute approximate surface area is 203 Å². The lowest BCUT2D eigenvalue weighted by Gasteiger charge is -2.14. The number of rotatable bonds is 10. The molecule has 0 spiro atoms. The van der Waals surface area contributed by atoms with Crippen molar-refractivity contribution >= 4 is 34.7 Å². The van der Waals surface area contributed by atoms with E-state index >= 15 is 0 Å².